The van der Waals surface area contributed by atoms with E-state index >= 15 is 0 Å². The maximum absolute atomic E-state index is 5.89. The van der Waals surface area contributed by atoms with Crippen molar-refractivity contribution in [2.75, 3.05) is 5.73 Å². The van der Waals surface area contributed by atoms with Crippen LogP contribution in [-0.2, 0) is 0 Å². The summed E-state index contributed by atoms with van der Waals surface area (Å²) in [7, 11) is 0. The van der Waals surface area contributed by atoms with Crippen LogP contribution in [0.25, 0.3) is 22.9 Å². The zero-order valence-corrected chi connectivity index (χ0v) is 10.6. The third-order valence-electron chi connectivity index (χ3n) is 2.69. The van der Waals surface area contributed by atoms with Gasteiger partial charge in [0.25, 0.3) is 0 Å². The summed E-state index contributed by atoms with van der Waals surface area (Å²) in [5, 5.41) is 8.61. The minimum atomic E-state index is 0.382. The van der Waals surface area contributed by atoms with E-state index in [0.29, 0.717) is 28.1 Å². The second kappa shape index (κ2) is 4.74. The largest absolute Gasteiger partial charge is 0.416 e. The van der Waals surface area contributed by atoms with Crippen LogP contribution in [0, 0.1) is 0 Å². The standard InChI is InChI=1S/C14H10ClN3O/c15-10-6-7-11(12(16)8-10)14-18-17-13(19-14)9-4-2-1-3-5-9/h1-8H,16H2. The molecule has 5 heteroatoms. The average molecular weight is 272 g/mol. The van der Waals surface area contributed by atoms with Gasteiger partial charge in [-0.1, -0.05) is 29.8 Å². The number of anilines is 1. The van der Waals surface area contributed by atoms with Gasteiger partial charge in [0, 0.05) is 16.3 Å². The lowest BCUT2D eigenvalue weighted by Gasteiger charge is -2.00. The SMILES string of the molecule is Nc1cc(Cl)ccc1-c1nnc(-c2ccccc2)o1. The first kappa shape index (κ1) is 11.7. The van der Waals surface area contributed by atoms with Crippen LogP contribution in [-0.4, -0.2) is 10.2 Å². The summed E-state index contributed by atoms with van der Waals surface area (Å²) in [6.45, 7) is 0. The molecule has 0 spiro atoms. The topological polar surface area (TPSA) is 64.9 Å². The van der Waals surface area contributed by atoms with Gasteiger partial charge >= 0.3 is 0 Å². The molecule has 3 aromatic rings. The first-order valence-electron chi connectivity index (χ1n) is 5.68. The zero-order chi connectivity index (χ0) is 13.2. The van der Waals surface area contributed by atoms with E-state index in [4.69, 9.17) is 21.8 Å². The number of hydrogen-bond acceptors (Lipinski definition) is 4. The number of nitrogens with zero attached hydrogens (tertiary/aromatic N) is 2. The quantitative estimate of drug-likeness (QED) is 0.723. The third-order valence-corrected chi connectivity index (χ3v) is 2.92. The first-order chi connectivity index (χ1) is 9.24. The van der Waals surface area contributed by atoms with Crippen LogP contribution in [0.15, 0.2) is 52.9 Å². The second-order valence-electron chi connectivity index (χ2n) is 4.01. The Hall–Kier alpha value is -2.33. The number of benzene rings is 2. The van der Waals surface area contributed by atoms with Gasteiger partial charge in [-0.2, -0.15) is 0 Å². The Kier molecular flexibility index (Phi) is 2.93. The lowest BCUT2D eigenvalue weighted by Crippen LogP contribution is -1.89. The van der Waals surface area contributed by atoms with Crippen molar-refractivity contribution in [3.63, 3.8) is 0 Å². The Morgan fingerprint density at radius 3 is 2.42 bits per heavy atom. The van der Waals surface area contributed by atoms with E-state index in [-0.39, 0.29) is 0 Å². The molecule has 2 aromatic carbocycles. The molecule has 0 atom stereocenters. The summed E-state index contributed by atoms with van der Waals surface area (Å²) in [6, 6.07) is 14.7. The van der Waals surface area contributed by atoms with Crippen LogP contribution < -0.4 is 5.73 Å². The minimum Gasteiger partial charge on any atom is -0.416 e. The van der Waals surface area contributed by atoms with E-state index < -0.39 is 0 Å². The van der Waals surface area contributed by atoms with Gasteiger partial charge in [0.05, 0.1) is 5.56 Å². The van der Waals surface area contributed by atoms with Gasteiger partial charge in [-0.25, -0.2) is 0 Å². The zero-order valence-electron chi connectivity index (χ0n) is 9.88. The van der Waals surface area contributed by atoms with Crippen LogP contribution in [0.3, 0.4) is 0 Å². The van der Waals surface area contributed by atoms with E-state index in [1.807, 2.05) is 30.3 Å². The number of rotatable bonds is 2. The third kappa shape index (κ3) is 2.30. The Morgan fingerprint density at radius 2 is 1.68 bits per heavy atom. The van der Waals surface area contributed by atoms with Gasteiger partial charge in [-0.15, -0.1) is 10.2 Å². The lowest BCUT2D eigenvalue weighted by molar-refractivity contribution is 0.585. The molecule has 0 fully saturated rings. The maximum Gasteiger partial charge on any atom is 0.250 e. The van der Waals surface area contributed by atoms with E-state index in [1.165, 1.54) is 0 Å². The van der Waals surface area contributed by atoms with Crippen LogP contribution in [0.4, 0.5) is 5.69 Å². The first-order valence-corrected chi connectivity index (χ1v) is 6.06. The van der Waals surface area contributed by atoms with Gasteiger partial charge in [0.2, 0.25) is 11.8 Å². The Labute approximate surface area is 114 Å². The molecule has 0 saturated carbocycles. The van der Waals surface area contributed by atoms with Crippen molar-refractivity contribution < 1.29 is 4.42 Å². The molecule has 19 heavy (non-hydrogen) atoms. The van der Waals surface area contributed by atoms with Crippen molar-refractivity contribution in [2.24, 2.45) is 0 Å². The monoisotopic (exact) mass is 271 g/mol. The molecule has 1 aromatic heterocycles. The highest BCUT2D eigenvalue weighted by molar-refractivity contribution is 6.31. The molecule has 0 bridgehead atoms. The number of hydrogen-bond donors (Lipinski definition) is 1. The highest BCUT2D eigenvalue weighted by Crippen LogP contribution is 2.29. The molecule has 94 valence electrons. The lowest BCUT2D eigenvalue weighted by atomic mass is 10.2. The van der Waals surface area contributed by atoms with Crippen molar-refractivity contribution in [3.05, 3.63) is 53.6 Å². The smallest absolute Gasteiger partial charge is 0.250 e. The predicted octanol–water partition coefficient (Wildman–Crippen LogP) is 3.64. The summed E-state index contributed by atoms with van der Waals surface area (Å²) in [6.07, 6.45) is 0. The molecule has 0 aliphatic heterocycles. The Morgan fingerprint density at radius 1 is 0.947 bits per heavy atom. The molecule has 0 amide bonds. The fourth-order valence-corrected chi connectivity index (χ4v) is 1.94. The minimum absolute atomic E-state index is 0.382. The molecule has 3 rings (SSSR count). The molecule has 0 radical (unpaired) electrons. The van der Waals surface area contributed by atoms with Crippen LogP contribution in [0.5, 0.6) is 0 Å². The molecule has 2 N–H and O–H groups in total. The number of nitrogen functional groups attached to an aromatic ring is 1. The Bertz CT molecular complexity index is 710. The maximum atomic E-state index is 5.89. The van der Waals surface area contributed by atoms with E-state index in [2.05, 4.69) is 10.2 Å². The van der Waals surface area contributed by atoms with Crippen molar-refractivity contribution in [2.45, 2.75) is 0 Å². The predicted molar refractivity (Wildman–Crippen MR) is 74.6 cm³/mol. The fourth-order valence-electron chi connectivity index (χ4n) is 1.76. The number of nitrogens with two attached hydrogens (primary N) is 1. The van der Waals surface area contributed by atoms with Crippen molar-refractivity contribution in [1.29, 1.82) is 0 Å². The van der Waals surface area contributed by atoms with Gasteiger partial charge in [0.15, 0.2) is 0 Å². The van der Waals surface area contributed by atoms with Crippen LogP contribution >= 0.6 is 11.6 Å². The van der Waals surface area contributed by atoms with Crippen molar-refractivity contribution in [1.82, 2.24) is 10.2 Å². The van der Waals surface area contributed by atoms with Crippen LogP contribution in [0.1, 0.15) is 0 Å². The molecule has 0 aliphatic carbocycles. The Balaban J connectivity index is 2.02. The summed E-state index contributed by atoms with van der Waals surface area (Å²) in [5.41, 5.74) is 7.95. The molecular weight excluding hydrogens is 262 g/mol. The van der Waals surface area contributed by atoms with E-state index in [0.717, 1.165) is 5.56 Å². The van der Waals surface area contributed by atoms with E-state index in [1.54, 1.807) is 18.2 Å². The molecule has 4 nitrogen and oxygen atoms in total. The normalized spacial score (nSPS) is 10.6. The number of halogens is 1. The van der Waals surface area contributed by atoms with Gasteiger partial charge in [-0.05, 0) is 30.3 Å². The molecule has 0 aliphatic rings. The molecule has 0 saturated heterocycles. The van der Waals surface area contributed by atoms with Gasteiger partial charge < -0.3 is 10.2 Å². The highest BCUT2D eigenvalue weighted by Gasteiger charge is 2.12. The van der Waals surface area contributed by atoms with Gasteiger partial charge in [-0.3, -0.25) is 0 Å². The van der Waals surface area contributed by atoms with Crippen molar-refractivity contribution >= 4 is 17.3 Å². The second-order valence-corrected chi connectivity index (χ2v) is 4.45. The summed E-state index contributed by atoms with van der Waals surface area (Å²) in [5.74, 6) is 0.845. The highest BCUT2D eigenvalue weighted by atomic mass is 35.5. The fraction of sp³-hybridized carbons (Fsp3) is 0. The van der Waals surface area contributed by atoms with E-state index in [9.17, 15) is 0 Å². The van der Waals surface area contributed by atoms with Crippen LogP contribution in [0.2, 0.25) is 5.02 Å². The molecular formula is C14H10ClN3O. The molecule has 1 heterocycles. The summed E-state index contributed by atoms with van der Waals surface area (Å²) < 4.78 is 5.63. The summed E-state index contributed by atoms with van der Waals surface area (Å²) in [4.78, 5) is 0. The number of aromatic nitrogens is 2. The van der Waals surface area contributed by atoms with Crippen molar-refractivity contribution in [3.8, 4) is 22.9 Å². The average Bonchev–Trinajstić information content (AvgIpc) is 2.89. The molecule has 0 unspecified atom stereocenters. The summed E-state index contributed by atoms with van der Waals surface area (Å²) >= 11 is 5.86. The van der Waals surface area contributed by atoms with Gasteiger partial charge in [0.1, 0.15) is 0 Å².